The average molecular weight is 535 g/mol. The first kappa shape index (κ1) is 26.3. The molecule has 40 heavy (non-hydrogen) atoms. The molecule has 6 nitrogen and oxygen atoms in total. The summed E-state index contributed by atoms with van der Waals surface area (Å²) in [4.78, 5) is 26.1. The number of rotatable bonds is 7. The van der Waals surface area contributed by atoms with Crippen LogP contribution in [0.5, 0.6) is 5.88 Å². The van der Waals surface area contributed by atoms with Crippen LogP contribution in [0.2, 0.25) is 0 Å². The molecule has 2 fully saturated rings. The molecule has 2 heterocycles. The van der Waals surface area contributed by atoms with E-state index in [4.69, 9.17) is 4.99 Å². The zero-order valence-electron chi connectivity index (χ0n) is 23.3. The molecule has 1 aliphatic heterocycles. The fourth-order valence-corrected chi connectivity index (χ4v) is 6.25. The molecule has 1 amide bonds. The summed E-state index contributed by atoms with van der Waals surface area (Å²) in [6, 6.07) is 24.2. The van der Waals surface area contributed by atoms with Gasteiger partial charge in [0.2, 0.25) is 0 Å². The molecule has 1 aromatic heterocycles. The number of benzene rings is 3. The first-order chi connectivity index (χ1) is 19.6. The van der Waals surface area contributed by atoms with Crippen molar-refractivity contribution in [1.29, 1.82) is 0 Å². The van der Waals surface area contributed by atoms with E-state index in [0.717, 1.165) is 41.5 Å². The standard InChI is InChI=1S/C34H38N4O2/c1-37(28-12-6-3-7-13-28)34(40)26-16-19-30-29(22-26)31(33(39)36-30)32(25-10-4-2-5-11-25)35-27-17-14-24(15-18-27)23-38-20-8-9-21-38/h2,4-5,10-11,14-19,22,28,36,39H,3,6-9,12-13,20-21,23H2,1H3. The van der Waals surface area contributed by atoms with Crippen molar-refractivity contribution in [3.8, 4) is 5.88 Å². The minimum atomic E-state index is 0.0206. The predicted octanol–water partition coefficient (Wildman–Crippen LogP) is 7.04. The van der Waals surface area contributed by atoms with Crippen LogP contribution in [0.25, 0.3) is 10.9 Å². The van der Waals surface area contributed by atoms with Crippen molar-refractivity contribution in [2.45, 2.75) is 57.5 Å². The van der Waals surface area contributed by atoms with Crippen LogP contribution in [-0.2, 0) is 6.54 Å². The Hall–Kier alpha value is -3.90. The van der Waals surface area contributed by atoms with E-state index in [9.17, 15) is 9.90 Å². The van der Waals surface area contributed by atoms with Crippen LogP contribution < -0.4 is 0 Å². The van der Waals surface area contributed by atoms with Gasteiger partial charge < -0.3 is 15.0 Å². The van der Waals surface area contributed by atoms with E-state index in [1.807, 2.05) is 72.6 Å². The summed E-state index contributed by atoms with van der Waals surface area (Å²) in [6.45, 7) is 3.29. The van der Waals surface area contributed by atoms with Crippen LogP contribution >= 0.6 is 0 Å². The van der Waals surface area contributed by atoms with Gasteiger partial charge in [0.25, 0.3) is 5.91 Å². The third kappa shape index (κ3) is 5.54. The van der Waals surface area contributed by atoms with E-state index in [0.29, 0.717) is 16.8 Å². The Morgan fingerprint density at radius 3 is 2.38 bits per heavy atom. The summed E-state index contributed by atoms with van der Waals surface area (Å²) in [5.41, 5.74) is 5.67. The number of aromatic hydroxyl groups is 1. The van der Waals surface area contributed by atoms with Gasteiger partial charge in [-0.05, 0) is 74.7 Å². The topological polar surface area (TPSA) is 71.9 Å². The highest BCUT2D eigenvalue weighted by Crippen LogP contribution is 2.33. The van der Waals surface area contributed by atoms with Crippen molar-refractivity contribution in [2.75, 3.05) is 20.1 Å². The van der Waals surface area contributed by atoms with Crippen molar-refractivity contribution >= 4 is 28.2 Å². The van der Waals surface area contributed by atoms with Gasteiger partial charge in [-0.15, -0.1) is 0 Å². The Bertz CT molecular complexity index is 1490. The van der Waals surface area contributed by atoms with Crippen LogP contribution in [0.4, 0.5) is 5.69 Å². The summed E-state index contributed by atoms with van der Waals surface area (Å²) in [7, 11) is 1.92. The second-order valence-corrected chi connectivity index (χ2v) is 11.3. The molecule has 3 aromatic carbocycles. The van der Waals surface area contributed by atoms with Gasteiger partial charge in [0.05, 0.1) is 17.0 Å². The quantitative estimate of drug-likeness (QED) is 0.250. The van der Waals surface area contributed by atoms with Crippen LogP contribution in [0.3, 0.4) is 0 Å². The molecule has 1 aliphatic carbocycles. The highest BCUT2D eigenvalue weighted by molar-refractivity contribution is 6.22. The lowest BCUT2D eigenvalue weighted by molar-refractivity contribution is 0.0696. The van der Waals surface area contributed by atoms with E-state index in [1.165, 1.54) is 50.8 Å². The number of H-pyrrole nitrogens is 1. The van der Waals surface area contributed by atoms with Crippen LogP contribution in [0, 0.1) is 0 Å². The van der Waals surface area contributed by atoms with Crippen molar-refractivity contribution in [3.63, 3.8) is 0 Å². The number of aliphatic imine (C=N–C) groups is 1. The number of likely N-dealkylation sites (tertiary alicyclic amines) is 1. The van der Waals surface area contributed by atoms with E-state index in [2.05, 4.69) is 22.0 Å². The van der Waals surface area contributed by atoms with Gasteiger partial charge in [-0.25, -0.2) is 4.99 Å². The van der Waals surface area contributed by atoms with Crippen LogP contribution in [-0.4, -0.2) is 57.7 Å². The normalized spacial score (nSPS) is 17.0. The lowest BCUT2D eigenvalue weighted by Crippen LogP contribution is -2.38. The molecular weight excluding hydrogens is 496 g/mol. The van der Waals surface area contributed by atoms with Gasteiger partial charge in [-0.3, -0.25) is 9.69 Å². The highest BCUT2D eigenvalue weighted by Gasteiger charge is 2.25. The number of amides is 1. The molecule has 2 aliphatic rings. The van der Waals surface area contributed by atoms with E-state index < -0.39 is 0 Å². The summed E-state index contributed by atoms with van der Waals surface area (Å²) in [6.07, 6.45) is 8.27. The summed E-state index contributed by atoms with van der Waals surface area (Å²) in [5.74, 6) is 0.0701. The second-order valence-electron chi connectivity index (χ2n) is 11.3. The number of aromatic nitrogens is 1. The monoisotopic (exact) mass is 534 g/mol. The Morgan fingerprint density at radius 1 is 0.925 bits per heavy atom. The van der Waals surface area contributed by atoms with Crippen molar-refractivity contribution in [2.24, 2.45) is 4.99 Å². The van der Waals surface area contributed by atoms with Gasteiger partial charge in [0, 0.05) is 41.7 Å². The second kappa shape index (κ2) is 11.7. The molecule has 1 saturated carbocycles. The largest absolute Gasteiger partial charge is 0.494 e. The Morgan fingerprint density at radius 2 is 1.65 bits per heavy atom. The van der Waals surface area contributed by atoms with Gasteiger partial charge in [0.1, 0.15) is 0 Å². The molecule has 2 N–H and O–H groups in total. The maximum absolute atomic E-state index is 13.5. The smallest absolute Gasteiger partial charge is 0.253 e. The maximum atomic E-state index is 13.5. The van der Waals surface area contributed by atoms with Gasteiger partial charge in [-0.2, -0.15) is 0 Å². The van der Waals surface area contributed by atoms with Crippen LogP contribution in [0.15, 0.2) is 77.8 Å². The van der Waals surface area contributed by atoms with E-state index >= 15 is 0 Å². The van der Waals surface area contributed by atoms with Crippen molar-refractivity contribution < 1.29 is 9.90 Å². The number of carbonyl (C=O) groups excluding carboxylic acids is 1. The zero-order chi connectivity index (χ0) is 27.5. The Balaban J connectivity index is 1.37. The van der Waals surface area contributed by atoms with Gasteiger partial charge in [-0.1, -0.05) is 61.7 Å². The average Bonchev–Trinajstić information content (AvgIpc) is 3.63. The summed E-state index contributed by atoms with van der Waals surface area (Å²) >= 11 is 0. The molecular formula is C34H38N4O2. The molecule has 0 spiro atoms. The molecule has 0 atom stereocenters. The fraction of sp³-hybridized carbons (Fsp3) is 0.353. The first-order valence-corrected chi connectivity index (χ1v) is 14.6. The fourth-order valence-electron chi connectivity index (χ4n) is 6.25. The van der Waals surface area contributed by atoms with Crippen molar-refractivity contribution in [3.05, 3.63) is 95.1 Å². The molecule has 4 aromatic rings. The molecule has 1 saturated heterocycles. The maximum Gasteiger partial charge on any atom is 0.253 e. The SMILES string of the molecule is CN(C(=O)c1ccc2[nH]c(O)c(C(=Nc3ccc(CN4CCCC4)cc3)c3ccccc3)c2c1)C1CCCCC1. The minimum absolute atomic E-state index is 0.0206. The Kier molecular flexibility index (Phi) is 7.69. The predicted molar refractivity (Wildman–Crippen MR) is 162 cm³/mol. The number of hydrogen-bond donors (Lipinski definition) is 2. The van der Waals surface area contributed by atoms with Crippen molar-refractivity contribution in [1.82, 2.24) is 14.8 Å². The molecule has 206 valence electrons. The number of aromatic amines is 1. The zero-order valence-corrected chi connectivity index (χ0v) is 23.3. The lowest BCUT2D eigenvalue weighted by atomic mass is 9.94. The number of fused-ring (bicyclic) bond motifs is 1. The third-order valence-electron chi connectivity index (χ3n) is 8.53. The molecule has 6 heteroatoms. The molecule has 0 radical (unpaired) electrons. The van der Waals surface area contributed by atoms with Gasteiger partial charge in [0.15, 0.2) is 5.88 Å². The number of hydrogen-bond acceptors (Lipinski definition) is 4. The highest BCUT2D eigenvalue weighted by atomic mass is 16.3. The summed E-state index contributed by atoms with van der Waals surface area (Å²) in [5, 5.41) is 11.9. The Labute approximate surface area is 236 Å². The molecule has 0 bridgehead atoms. The number of nitrogens with zero attached hydrogens (tertiary/aromatic N) is 3. The molecule has 6 rings (SSSR count). The minimum Gasteiger partial charge on any atom is -0.494 e. The van der Waals surface area contributed by atoms with E-state index in [-0.39, 0.29) is 17.8 Å². The number of nitrogens with one attached hydrogen (secondary N) is 1. The lowest BCUT2D eigenvalue weighted by Gasteiger charge is -2.31. The first-order valence-electron chi connectivity index (χ1n) is 14.6. The molecule has 0 unspecified atom stereocenters. The third-order valence-corrected chi connectivity index (χ3v) is 8.53. The van der Waals surface area contributed by atoms with Crippen LogP contribution in [0.1, 0.15) is 72.0 Å². The van der Waals surface area contributed by atoms with E-state index in [1.54, 1.807) is 0 Å². The summed E-state index contributed by atoms with van der Waals surface area (Å²) < 4.78 is 0. The number of carbonyl (C=O) groups is 1. The van der Waals surface area contributed by atoms with Gasteiger partial charge >= 0.3 is 0 Å².